The molecule has 0 fully saturated rings. The molecule has 3 rings (SSSR count). The molecule has 5 nitrogen and oxygen atoms in total. The summed E-state index contributed by atoms with van der Waals surface area (Å²) in [6.45, 7) is 0. The van der Waals surface area contributed by atoms with Crippen molar-refractivity contribution in [3.63, 3.8) is 0 Å². The van der Waals surface area contributed by atoms with Crippen molar-refractivity contribution in [1.82, 2.24) is 15.2 Å². The van der Waals surface area contributed by atoms with Gasteiger partial charge in [-0.15, -0.1) is 5.10 Å². The van der Waals surface area contributed by atoms with E-state index in [4.69, 9.17) is 0 Å². The number of H-pyrrole nitrogens is 1. The molecular weight excluding hydrogens is 334 g/mol. The third-order valence-corrected chi connectivity index (χ3v) is 3.90. The molecule has 1 amide bonds. The molecule has 0 atom stereocenters. The van der Waals surface area contributed by atoms with Crippen molar-refractivity contribution in [3.8, 4) is 11.4 Å². The maximum Gasteiger partial charge on any atom is 0.234 e. The molecule has 8 heteroatoms. The summed E-state index contributed by atoms with van der Waals surface area (Å²) < 4.78 is 26.5. The van der Waals surface area contributed by atoms with Crippen molar-refractivity contribution >= 4 is 23.4 Å². The molecule has 0 saturated carbocycles. The van der Waals surface area contributed by atoms with Crippen LogP contribution in [0.3, 0.4) is 0 Å². The highest BCUT2D eigenvalue weighted by Gasteiger charge is 2.11. The molecule has 24 heavy (non-hydrogen) atoms. The van der Waals surface area contributed by atoms with Crippen LogP contribution < -0.4 is 5.32 Å². The van der Waals surface area contributed by atoms with Crippen LogP contribution >= 0.6 is 11.8 Å². The van der Waals surface area contributed by atoms with E-state index in [1.54, 1.807) is 18.2 Å². The maximum atomic E-state index is 13.7. The molecule has 0 bridgehead atoms. The first-order valence-corrected chi connectivity index (χ1v) is 7.96. The van der Waals surface area contributed by atoms with E-state index < -0.39 is 5.82 Å². The number of thioether (sulfide) groups is 1. The second-order valence-electron chi connectivity index (χ2n) is 4.79. The van der Waals surface area contributed by atoms with Gasteiger partial charge < -0.3 is 5.32 Å². The van der Waals surface area contributed by atoms with E-state index in [1.807, 2.05) is 0 Å². The van der Waals surface area contributed by atoms with Gasteiger partial charge in [0.05, 0.1) is 11.3 Å². The van der Waals surface area contributed by atoms with Gasteiger partial charge in [-0.3, -0.25) is 9.89 Å². The normalized spacial score (nSPS) is 10.6. The Labute approximate surface area is 140 Å². The topological polar surface area (TPSA) is 70.7 Å². The van der Waals surface area contributed by atoms with Gasteiger partial charge in [0, 0.05) is 5.69 Å². The lowest BCUT2D eigenvalue weighted by atomic mass is 10.2. The standard InChI is InChI=1S/C16H12F2N4OS/c17-10-5-7-11(8-6-10)19-14(23)9-24-16-20-15(21-22-16)12-3-1-2-4-13(12)18/h1-8H,9H2,(H,19,23)(H,20,21,22). The highest BCUT2D eigenvalue weighted by molar-refractivity contribution is 7.99. The number of hydrogen-bond acceptors (Lipinski definition) is 4. The van der Waals surface area contributed by atoms with Crippen molar-refractivity contribution < 1.29 is 13.6 Å². The van der Waals surface area contributed by atoms with Crippen LogP contribution in [0.5, 0.6) is 0 Å². The van der Waals surface area contributed by atoms with Crippen LogP contribution in [0, 0.1) is 11.6 Å². The fraction of sp³-hybridized carbons (Fsp3) is 0.0625. The quantitative estimate of drug-likeness (QED) is 0.694. The molecule has 0 saturated heterocycles. The van der Waals surface area contributed by atoms with Crippen molar-refractivity contribution in [1.29, 1.82) is 0 Å². The largest absolute Gasteiger partial charge is 0.325 e. The summed E-state index contributed by atoms with van der Waals surface area (Å²) in [5.41, 5.74) is 0.816. The summed E-state index contributed by atoms with van der Waals surface area (Å²) in [6, 6.07) is 11.7. The SMILES string of the molecule is O=C(CSc1n[nH]c(-c2ccccc2F)n1)Nc1ccc(F)cc1. The maximum absolute atomic E-state index is 13.7. The van der Waals surface area contributed by atoms with Crippen LogP contribution in [0.4, 0.5) is 14.5 Å². The Morgan fingerprint density at radius 3 is 2.62 bits per heavy atom. The fourth-order valence-electron chi connectivity index (χ4n) is 1.95. The number of carbonyl (C=O) groups is 1. The van der Waals surface area contributed by atoms with Crippen LogP contribution in [-0.2, 0) is 4.79 Å². The van der Waals surface area contributed by atoms with Crippen molar-refractivity contribution in [2.45, 2.75) is 5.16 Å². The lowest BCUT2D eigenvalue weighted by molar-refractivity contribution is -0.113. The Morgan fingerprint density at radius 2 is 1.88 bits per heavy atom. The average Bonchev–Trinajstić information content (AvgIpc) is 3.04. The molecule has 3 aromatic rings. The first kappa shape index (κ1) is 16.1. The van der Waals surface area contributed by atoms with Gasteiger partial charge >= 0.3 is 0 Å². The van der Waals surface area contributed by atoms with Crippen LogP contribution in [0.2, 0.25) is 0 Å². The Hall–Kier alpha value is -2.74. The summed E-state index contributed by atoms with van der Waals surface area (Å²) in [4.78, 5) is 16.0. The van der Waals surface area contributed by atoms with E-state index in [0.29, 0.717) is 22.2 Å². The molecule has 1 heterocycles. The van der Waals surface area contributed by atoms with Gasteiger partial charge in [-0.2, -0.15) is 0 Å². The minimum Gasteiger partial charge on any atom is -0.325 e. The summed E-state index contributed by atoms with van der Waals surface area (Å²) >= 11 is 1.11. The molecule has 122 valence electrons. The smallest absolute Gasteiger partial charge is 0.234 e. The number of anilines is 1. The molecule has 0 radical (unpaired) electrons. The number of benzene rings is 2. The molecule has 2 N–H and O–H groups in total. The number of aromatic amines is 1. The van der Waals surface area contributed by atoms with Gasteiger partial charge in [0.2, 0.25) is 11.1 Å². The van der Waals surface area contributed by atoms with E-state index in [-0.39, 0.29) is 17.5 Å². The van der Waals surface area contributed by atoms with E-state index in [9.17, 15) is 13.6 Å². The zero-order valence-electron chi connectivity index (χ0n) is 12.3. The Bertz CT molecular complexity index is 851. The predicted octanol–water partition coefficient (Wildman–Crippen LogP) is 3.48. The monoisotopic (exact) mass is 346 g/mol. The molecule has 0 aliphatic carbocycles. The van der Waals surface area contributed by atoms with E-state index in [0.717, 1.165) is 11.8 Å². The molecule has 0 spiro atoms. The summed E-state index contributed by atoms with van der Waals surface area (Å²) in [5, 5.41) is 9.57. The molecule has 0 unspecified atom stereocenters. The predicted molar refractivity (Wildman–Crippen MR) is 87.5 cm³/mol. The van der Waals surface area contributed by atoms with E-state index >= 15 is 0 Å². The number of amides is 1. The molecule has 0 aliphatic rings. The first-order valence-electron chi connectivity index (χ1n) is 6.97. The Kier molecular flexibility index (Phi) is 4.85. The highest BCUT2D eigenvalue weighted by atomic mass is 32.2. The second-order valence-corrected chi connectivity index (χ2v) is 5.73. The summed E-state index contributed by atoms with van der Waals surface area (Å²) in [5.74, 6) is -0.673. The third kappa shape index (κ3) is 3.96. The minimum atomic E-state index is -0.403. The Balaban J connectivity index is 1.58. The second kappa shape index (κ2) is 7.22. The highest BCUT2D eigenvalue weighted by Crippen LogP contribution is 2.21. The van der Waals surface area contributed by atoms with Crippen LogP contribution in [-0.4, -0.2) is 26.8 Å². The number of carbonyl (C=O) groups excluding carboxylic acids is 1. The van der Waals surface area contributed by atoms with Gasteiger partial charge in [0.1, 0.15) is 11.6 Å². The number of nitrogens with zero attached hydrogens (tertiary/aromatic N) is 2. The van der Waals surface area contributed by atoms with Gasteiger partial charge in [-0.1, -0.05) is 23.9 Å². The number of nitrogens with one attached hydrogen (secondary N) is 2. The zero-order chi connectivity index (χ0) is 16.9. The molecule has 0 aliphatic heterocycles. The molecular formula is C16H12F2N4OS. The van der Waals surface area contributed by atoms with Crippen molar-refractivity contribution in [2.24, 2.45) is 0 Å². The van der Waals surface area contributed by atoms with Gasteiger partial charge in [0.25, 0.3) is 0 Å². The van der Waals surface area contributed by atoms with Gasteiger partial charge in [0.15, 0.2) is 5.82 Å². The summed E-state index contributed by atoms with van der Waals surface area (Å²) in [6.07, 6.45) is 0. The van der Waals surface area contributed by atoms with Crippen LogP contribution in [0.1, 0.15) is 0 Å². The zero-order valence-corrected chi connectivity index (χ0v) is 13.1. The van der Waals surface area contributed by atoms with Gasteiger partial charge in [-0.05, 0) is 36.4 Å². The van der Waals surface area contributed by atoms with Crippen LogP contribution in [0.15, 0.2) is 53.7 Å². The number of aromatic nitrogens is 3. The molecule has 2 aromatic carbocycles. The van der Waals surface area contributed by atoms with E-state index in [1.165, 1.54) is 30.3 Å². The first-order chi connectivity index (χ1) is 11.6. The average molecular weight is 346 g/mol. The summed E-state index contributed by atoms with van der Waals surface area (Å²) in [7, 11) is 0. The lowest BCUT2D eigenvalue weighted by Gasteiger charge is -2.03. The van der Waals surface area contributed by atoms with Crippen LogP contribution in [0.25, 0.3) is 11.4 Å². The lowest BCUT2D eigenvalue weighted by Crippen LogP contribution is -2.14. The van der Waals surface area contributed by atoms with E-state index in [2.05, 4.69) is 20.5 Å². The number of rotatable bonds is 5. The number of hydrogen-bond donors (Lipinski definition) is 2. The van der Waals surface area contributed by atoms with Gasteiger partial charge in [-0.25, -0.2) is 13.8 Å². The third-order valence-electron chi connectivity index (χ3n) is 3.05. The molecule has 1 aromatic heterocycles. The number of halogens is 2. The Morgan fingerprint density at radius 1 is 1.12 bits per heavy atom. The minimum absolute atomic E-state index is 0.0753. The van der Waals surface area contributed by atoms with Crippen molar-refractivity contribution in [2.75, 3.05) is 11.1 Å². The van der Waals surface area contributed by atoms with Crippen molar-refractivity contribution in [3.05, 3.63) is 60.2 Å². The fourth-order valence-corrected chi connectivity index (χ4v) is 2.54.